The smallest absolute Gasteiger partial charge is 0.168 e. The molecule has 0 aromatic heterocycles. The maximum absolute atomic E-state index is 8.99. The van der Waals surface area contributed by atoms with Gasteiger partial charge in [-0.1, -0.05) is 0 Å². The van der Waals surface area contributed by atoms with Crippen molar-refractivity contribution in [2.75, 3.05) is 26.4 Å². The van der Waals surface area contributed by atoms with Crippen LogP contribution in [-0.4, -0.2) is 54.5 Å². The van der Waals surface area contributed by atoms with Crippen LogP contribution in [0.1, 0.15) is 25.7 Å². The summed E-state index contributed by atoms with van der Waals surface area (Å²) in [6, 6.07) is 0.146. The Morgan fingerprint density at radius 2 is 1.69 bits per heavy atom. The Balaban J connectivity index is 1.76. The van der Waals surface area contributed by atoms with E-state index in [1.807, 2.05) is 0 Å². The first-order valence-corrected chi connectivity index (χ1v) is 6.04. The third-order valence-corrected chi connectivity index (χ3v) is 3.47. The molecule has 16 heavy (non-hydrogen) atoms. The van der Waals surface area contributed by atoms with Crippen molar-refractivity contribution in [1.29, 1.82) is 0 Å². The van der Waals surface area contributed by atoms with Gasteiger partial charge in [-0.05, 0) is 12.8 Å². The maximum atomic E-state index is 8.99. The molecule has 2 aliphatic rings. The van der Waals surface area contributed by atoms with E-state index in [1.165, 1.54) is 0 Å². The Labute approximate surface area is 95.7 Å². The highest BCUT2D eigenvalue weighted by atomic mass is 16.7. The summed E-state index contributed by atoms with van der Waals surface area (Å²) in [5.41, 5.74) is 0. The van der Waals surface area contributed by atoms with Crippen LogP contribution in [0.15, 0.2) is 0 Å². The first-order chi connectivity index (χ1) is 7.78. The summed E-state index contributed by atoms with van der Waals surface area (Å²) >= 11 is 0. The van der Waals surface area contributed by atoms with Crippen molar-refractivity contribution in [1.82, 2.24) is 5.32 Å². The number of aliphatic hydroxyl groups is 2. The van der Waals surface area contributed by atoms with Crippen LogP contribution < -0.4 is 5.32 Å². The Morgan fingerprint density at radius 3 is 2.19 bits per heavy atom. The third kappa shape index (κ3) is 2.73. The van der Waals surface area contributed by atoms with Crippen molar-refractivity contribution in [2.24, 2.45) is 0 Å². The average Bonchev–Trinajstić information content (AvgIpc) is 2.77. The number of aliphatic hydroxyl groups excluding tert-OH is 2. The second-order valence-corrected chi connectivity index (χ2v) is 4.61. The van der Waals surface area contributed by atoms with E-state index in [-0.39, 0.29) is 25.0 Å². The predicted molar refractivity (Wildman–Crippen MR) is 58.0 cm³/mol. The van der Waals surface area contributed by atoms with Crippen molar-refractivity contribution in [2.45, 2.75) is 43.6 Å². The quantitative estimate of drug-likeness (QED) is 0.615. The van der Waals surface area contributed by atoms with Crippen LogP contribution in [0.5, 0.6) is 0 Å². The molecule has 1 heterocycles. The van der Waals surface area contributed by atoms with Crippen LogP contribution in [0.4, 0.5) is 0 Å². The van der Waals surface area contributed by atoms with Crippen molar-refractivity contribution in [3.8, 4) is 0 Å². The van der Waals surface area contributed by atoms with Crippen LogP contribution in [0.25, 0.3) is 0 Å². The van der Waals surface area contributed by atoms with Crippen LogP contribution in [0.2, 0.25) is 0 Å². The zero-order valence-corrected chi connectivity index (χ0v) is 9.52. The summed E-state index contributed by atoms with van der Waals surface area (Å²) in [6.07, 6.45) is 3.73. The van der Waals surface area contributed by atoms with Crippen molar-refractivity contribution >= 4 is 0 Å². The van der Waals surface area contributed by atoms with Crippen LogP contribution >= 0.6 is 0 Å². The number of nitrogens with one attached hydrogen (secondary N) is 1. The van der Waals surface area contributed by atoms with E-state index in [0.29, 0.717) is 19.3 Å². The summed E-state index contributed by atoms with van der Waals surface area (Å²) < 4.78 is 11.3. The van der Waals surface area contributed by atoms with Gasteiger partial charge < -0.3 is 25.0 Å². The number of hydrogen-bond acceptors (Lipinski definition) is 5. The van der Waals surface area contributed by atoms with E-state index in [1.54, 1.807) is 0 Å². The van der Waals surface area contributed by atoms with Crippen molar-refractivity contribution in [3.63, 3.8) is 0 Å². The van der Waals surface area contributed by atoms with Gasteiger partial charge in [-0.15, -0.1) is 0 Å². The highest BCUT2D eigenvalue weighted by Crippen LogP contribution is 2.35. The molecule has 1 aliphatic carbocycles. The van der Waals surface area contributed by atoms with Gasteiger partial charge in [0.1, 0.15) is 0 Å². The van der Waals surface area contributed by atoms with Gasteiger partial charge in [-0.25, -0.2) is 0 Å². The van der Waals surface area contributed by atoms with Crippen LogP contribution in [0, 0.1) is 0 Å². The third-order valence-electron chi connectivity index (χ3n) is 3.47. The van der Waals surface area contributed by atoms with Crippen LogP contribution in [-0.2, 0) is 9.47 Å². The fraction of sp³-hybridized carbons (Fsp3) is 1.00. The molecule has 0 atom stereocenters. The van der Waals surface area contributed by atoms with Gasteiger partial charge in [0.15, 0.2) is 5.79 Å². The Bertz CT molecular complexity index is 204. The molecule has 0 radical (unpaired) electrons. The fourth-order valence-electron chi connectivity index (χ4n) is 2.51. The van der Waals surface area contributed by atoms with Gasteiger partial charge in [0.05, 0.1) is 32.5 Å². The first-order valence-electron chi connectivity index (χ1n) is 6.04. The monoisotopic (exact) mass is 231 g/mol. The highest BCUT2D eigenvalue weighted by molar-refractivity contribution is 4.86. The van der Waals surface area contributed by atoms with E-state index in [0.717, 1.165) is 25.7 Å². The molecule has 0 amide bonds. The first kappa shape index (κ1) is 12.3. The predicted octanol–water partition coefficient (Wildman–Crippen LogP) is -0.385. The summed E-state index contributed by atoms with van der Waals surface area (Å²) in [6.45, 7) is 1.36. The Kier molecular flexibility index (Phi) is 4.16. The second kappa shape index (κ2) is 5.42. The van der Waals surface area contributed by atoms with Gasteiger partial charge in [0.2, 0.25) is 0 Å². The molecule has 2 fully saturated rings. The Hall–Kier alpha value is -0.200. The summed E-state index contributed by atoms with van der Waals surface area (Å²) in [5, 5.41) is 21.2. The van der Waals surface area contributed by atoms with E-state index >= 15 is 0 Å². The van der Waals surface area contributed by atoms with Crippen LogP contribution in [0.3, 0.4) is 0 Å². The molecular weight excluding hydrogens is 210 g/mol. The molecule has 1 saturated carbocycles. The standard InChI is InChI=1S/C11H21NO4/c13-7-10(8-14)12-9-1-3-11(4-2-9)15-5-6-16-11/h9-10,12-14H,1-8H2. The molecule has 5 nitrogen and oxygen atoms in total. The minimum atomic E-state index is -0.327. The molecule has 94 valence electrons. The zero-order valence-electron chi connectivity index (χ0n) is 9.52. The average molecular weight is 231 g/mol. The molecule has 1 saturated heterocycles. The van der Waals surface area contributed by atoms with E-state index in [2.05, 4.69) is 5.32 Å². The van der Waals surface area contributed by atoms with Gasteiger partial charge in [-0.2, -0.15) is 0 Å². The van der Waals surface area contributed by atoms with Crippen molar-refractivity contribution < 1.29 is 19.7 Å². The van der Waals surface area contributed by atoms with Gasteiger partial charge in [-0.3, -0.25) is 0 Å². The number of rotatable bonds is 4. The minimum absolute atomic E-state index is 0.0227. The molecule has 1 aliphatic heterocycles. The minimum Gasteiger partial charge on any atom is -0.395 e. The number of ether oxygens (including phenoxy) is 2. The van der Waals surface area contributed by atoms with E-state index < -0.39 is 0 Å². The Morgan fingerprint density at radius 1 is 1.12 bits per heavy atom. The molecule has 1 spiro atoms. The fourth-order valence-corrected chi connectivity index (χ4v) is 2.51. The normalized spacial score (nSPS) is 25.7. The molecule has 0 unspecified atom stereocenters. The summed E-state index contributed by atoms with van der Waals surface area (Å²) in [5.74, 6) is -0.327. The van der Waals surface area contributed by atoms with E-state index in [9.17, 15) is 0 Å². The molecule has 0 aromatic rings. The van der Waals surface area contributed by atoms with Crippen molar-refractivity contribution in [3.05, 3.63) is 0 Å². The highest BCUT2D eigenvalue weighted by Gasteiger charge is 2.40. The molecule has 5 heteroatoms. The molecule has 2 rings (SSSR count). The SMILES string of the molecule is OCC(CO)NC1CCC2(CC1)OCCO2. The lowest BCUT2D eigenvalue weighted by molar-refractivity contribution is -0.180. The lowest BCUT2D eigenvalue weighted by atomic mass is 9.89. The maximum Gasteiger partial charge on any atom is 0.168 e. The summed E-state index contributed by atoms with van der Waals surface area (Å²) in [7, 11) is 0. The lowest BCUT2D eigenvalue weighted by Crippen LogP contribution is -2.47. The van der Waals surface area contributed by atoms with E-state index in [4.69, 9.17) is 19.7 Å². The van der Waals surface area contributed by atoms with Gasteiger partial charge in [0, 0.05) is 18.9 Å². The lowest BCUT2D eigenvalue weighted by Gasteiger charge is -2.36. The summed E-state index contributed by atoms with van der Waals surface area (Å²) in [4.78, 5) is 0. The molecule has 0 aromatic carbocycles. The molecular formula is C11H21NO4. The van der Waals surface area contributed by atoms with Gasteiger partial charge in [0.25, 0.3) is 0 Å². The van der Waals surface area contributed by atoms with Gasteiger partial charge >= 0.3 is 0 Å². The molecule has 0 bridgehead atoms. The zero-order chi connectivity index (χ0) is 11.4. The molecule has 3 N–H and O–H groups in total. The second-order valence-electron chi connectivity index (χ2n) is 4.61. The largest absolute Gasteiger partial charge is 0.395 e. The topological polar surface area (TPSA) is 71.0 Å². The number of hydrogen-bond donors (Lipinski definition) is 3.